The predicted molar refractivity (Wildman–Crippen MR) is 98.5 cm³/mol. The van der Waals surface area contributed by atoms with Crippen molar-refractivity contribution >= 4 is 5.91 Å². The summed E-state index contributed by atoms with van der Waals surface area (Å²) in [5.41, 5.74) is 0. The van der Waals surface area contributed by atoms with Crippen LogP contribution in [0.15, 0.2) is 0 Å². The molecule has 3 aliphatic heterocycles. The number of hydrogen-bond donors (Lipinski definition) is 1. The fourth-order valence-corrected chi connectivity index (χ4v) is 4.44. The SMILES string of the molecule is CC(CC(=O)N1CCC(OCC2CCCCO2)CC1)C1CCNCC1. The van der Waals surface area contributed by atoms with Gasteiger partial charge in [0.2, 0.25) is 5.91 Å². The van der Waals surface area contributed by atoms with Crippen molar-refractivity contribution in [2.45, 2.75) is 70.5 Å². The van der Waals surface area contributed by atoms with Crippen LogP contribution in [0.4, 0.5) is 0 Å². The van der Waals surface area contributed by atoms with E-state index in [0.717, 1.165) is 58.7 Å². The third kappa shape index (κ3) is 5.93. The van der Waals surface area contributed by atoms with E-state index in [9.17, 15) is 4.79 Å². The van der Waals surface area contributed by atoms with Crippen molar-refractivity contribution in [3.8, 4) is 0 Å². The number of amides is 1. The van der Waals surface area contributed by atoms with E-state index in [2.05, 4.69) is 17.1 Å². The molecule has 1 N–H and O–H groups in total. The number of piperidine rings is 2. The Hall–Kier alpha value is -0.650. The van der Waals surface area contributed by atoms with Crippen LogP contribution < -0.4 is 5.32 Å². The maximum Gasteiger partial charge on any atom is 0.222 e. The molecule has 0 aromatic rings. The zero-order chi connectivity index (χ0) is 17.5. The topological polar surface area (TPSA) is 50.8 Å². The van der Waals surface area contributed by atoms with Crippen molar-refractivity contribution < 1.29 is 14.3 Å². The Labute approximate surface area is 152 Å². The molecule has 3 saturated heterocycles. The van der Waals surface area contributed by atoms with E-state index in [4.69, 9.17) is 9.47 Å². The van der Waals surface area contributed by atoms with Crippen LogP contribution in [0, 0.1) is 11.8 Å². The number of carbonyl (C=O) groups is 1. The van der Waals surface area contributed by atoms with Gasteiger partial charge in [-0.1, -0.05) is 6.92 Å². The molecule has 25 heavy (non-hydrogen) atoms. The zero-order valence-corrected chi connectivity index (χ0v) is 15.9. The monoisotopic (exact) mass is 352 g/mol. The Morgan fingerprint density at radius 1 is 1.16 bits per heavy atom. The Morgan fingerprint density at radius 3 is 2.60 bits per heavy atom. The summed E-state index contributed by atoms with van der Waals surface area (Å²) >= 11 is 0. The zero-order valence-electron chi connectivity index (χ0n) is 15.9. The normalized spacial score (nSPS) is 28.0. The van der Waals surface area contributed by atoms with Gasteiger partial charge < -0.3 is 19.7 Å². The first-order valence-electron chi connectivity index (χ1n) is 10.4. The van der Waals surface area contributed by atoms with Gasteiger partial charge in [0, 0.05) is 26.1 Å². The second-order valence-corrected chi connectivity index (χ2v) is 8.17. The lowest BCUT2D eigenvalue weighted by Crippen LogP contribution is -2.42. The fourth-order valence-electron chi connectivity index (χ4n) is 4.44. The molecule has 5 heteroatoms. The number of likely N-dealkylation sites (tertiary alicyclic amines) is 1. The van der Waals surface area contributed by atoms with Crippen molar-refractivity contribution in [3.05, 3.63) is 0 Å². The molecule has 0 saturated carbocycles. The van der Waals surface area contributed by atoms with Crippen molar-refractivity contribution in [2.24, 2.45) is 11.8 Å². The molecular formula is C20H36N2O3. The van der Waals surface area contributed by atoms with E-state index in [1.807, 2.05) is 0 Å². The molecule has 0 aromatic carbocycles. The molecule has 0 spiro atoms. The van der Waals surface area contributed by atoms with Gasteiger partial charge in [-0.3, -0.25) is 4.79 Å². The van der Waals surface area contributed by atoms with E-state index in [1.54, 1.807) is 0 Å². The molecule has 0 bridgehead atoms. The average Bonchev–Trinajstić information content (AvgIpc) is 2.68. The molecule has 0 aliphatic carbocycles. The molecule has 1 amide bonds. The maximum absolute atomic E-state index is 12.6. The molecule has 2 unspecified atom stereocenters. The van der Waals surface area contributed by atoms with Gasteiger partial charge in [-0.2, -0.15) is 0 Å². The lowest BCUT2D eigenvalue weighted by Gasteiger charge is -2.35. The minimum atomic E-state index is 0.291. The standard InChI is InChI=1S/C20H36N2O3/c1-16(17-5-9-21-10-6-17)14-20(23)22-11-7-18(8-12-22)25-15-19-4-2-3-13-24-19/h16-19,21H,2-15H2,1H3. The minimum absolute atomic E-state index is 0.291. The Morgan fingerprint density at radius 2 is 1.92 bits per heavy atom. The van der Waals surface area contributed by atoms with E-state index in [1.165, 1.54) is 25.7 Å². The molecule has 0 aromatic heterocycles. The summed E-state index contributed by atoms with van der Waals surface area (Å²) < 4.78 is 11.8. The molecule has 144 valence electrons. The summed E-state index contributed by atoms with van der Waals surface area (Å²) in [6, 6.07) is 0. The van der Waals surface area contributed by atoms with E-state index in [0.29, 0.717) is 36.4 Å². The van der Waals surface area contributed by atoms with Crippen LogP contribution >= 0.6 is 0 Å². The van der Waals surface area contributed by atoms with Gasteiger partial charge in [0.1, 0.15) is 0 Å². The second kappa shape index (κ2) is 9.89. The van der Waals surface area contributed by atoms with Crippen molar-refractivity contribution in [1.82, 2.24) is 10.2 Å². The number of ether oxygens (including phenoxy) is 2. The van der Waals surface area contributed by atoms with Gasteiger partial charge in [0.25, 0.3) is 0 Å². The number of carbonyl (C=O) groups excluding carboxylic acids is 1. The predicted octanol–water partition coefficient (Wildman–Crippen LogP) is 2.59. The average molecular weight is 353 g/mol. The minimum Gasteiger partial charge on any atom is -0.376 e. The summed E-state index contributed by atoms with van der Waals surface area (Å²) in [4.78, 5) is 14.7. The first kappa shape index (κ1) is 19.1. The summed E-state index contributed by atoms with van der Waals surface area (Å²) in [6.07, 6.45) is 9.26. The smallest absolute Gasteiger partial charge is 0.222 e. The highest BCUT2D eigenvalue weighted by Crippen LogP contribution is 2.26. The highest BCUT2D eigenvalue weighted by atomic mass is 16.5. The van der Waals surface area contributed by atoms with Crippen molar-refractivity contribution in [2.75, 3.05) is 39.4 Å². The Bertz CT molecular complexity index is 398. The van der Waals surface area contributed by atoms with Crippen LogP contribution in [0.1, 0.15) is 58.3 Å². The van der Waals surface area contributed by atoms with Crippen molar-refractivity contribution in [3.63, 3.8) is 0 Å². The van der Waals surface area contributed by atoms with Crippen LogP contribution in [-0.4, -0.2) is 62.4 Å². The largest absolute Gasteiger partial charge is 0.376 e. The van der Waals surface area contributed by atoms with E-state index in [-0.39, 0.29) is 0 Å². The maximum atomic E-state index is 12.6. The molecule has 0 radical (unpaired) electrons. The lowest BCUT2D eigenvalue weighted by molar-refractivity contribution is -0.136. The molecule has 3 rings (SSSR count). The summed E-state index contributed by atoms with van der Waals surface area (Å²) in [7, 11) is 0. The van der Waals surface area contributed by atoms with Gasteiger partial charge >= 0.3 is 0 Å². The molecule has 2 atom stereocenters. The highest BCUT2D eigenvalue weighted by Gasteiger charge is 2.28. The first-order valence-corrected chi connectivity index (χ1v) is 10.4. The highest BCUT2D eigenvalue weighted by molar-refractivity contribution is 5.76. The quantitative estimate of drug-likeness (QED) is 0.798. The van der Waals surface area contributed by atoms with Crippen LogP contribution in [0.5, 0.6) is 0 Å². The number of hydrogen-bond acceptors (Lipinski definition) is 4. The van der Waals surface area contributed by atoms with Gasteiger partial charge in [0.05, 0.1) is 18.8 Å². The Kier molecular flexibility index (Phi) is 7.56. The van der Waals surface area contributed by atoms with Gasteiger partial charge in [-0.15, -0.1) is 0 Å². The third-order valence-electron chi connectivity index (χ3n) is 6.27. The van der Waals surface area contributed by atoms with E-state index < -0.39 is 0 Å². The van der Waals surface area contributed by atoms with Gasteiger partial charge in [-0.05, 0) is 69.9 Å². The number of rotatable bonds is 6. The summed E-state index contributed by atoms with van der Waals surface area (Å²) in [6.45, 7) is 7.80. The number of nitrogens with zero attached hydrogens (tertiary/aromatic N) is 1. The molecular weight excluding hydrogens is 316 g/mol. The van der Waals surface area contributed by atoms with E-state index >= 15 is 0 Å². The second-order valence-electron chi connectivity index (χ2n) is 8.17. The van der Waals surface area contributed by atoms with Crippen LogP contribution in [0.2, 0.25) is 0 Å². The first-order chi connectivity index (χ1) is 12.2. The summed E-state index contributed by atoms with van der Waals surface area (Å²) in [5.74, 6) is 1.56. The van der Waals surface area contributed by atoms with Gasteiger partial charge in [-0.25, -0.2) is 0 Å². The summed E-state index contributed by atoms with van der Waals surface area (Å²) in [5, 5.41) is 3.41. The van der Waals surface area contributed by atoms with Crippen LogP contribution in [-0.2, 0) is 14.3 Å². The molecule has 5 nitrogen and oxygen atoms in total. The van der Waals surface area contributed by atoms with Crippen LogP contribution in [0.3, 0.4) is 0 Å². The van der Waals surface area contributed by atoms with Gasteiger partial charge in [0.15, 0.2) is 0 Å². The molecule has 3 heterocycles. The molecule has 3 fully saturated rings. The lowest BCUT2D eigenvalue weighted by atomic mass is 9.84. The van der Waals surface area contributed by atoms with Crippen molar-refractivity contribution in [1.29, 1.82) is 0 Å². The number of nitrogens with one attached hydrogen (secondary N) is 1. The molecule has 3 aliphatic rings. The third-order valence-corrected chi connectivity index (χ3v) is 6.27. The fraction of sp³-hybridized carbons (Fsp3) is 0.950. The van der Waals surface area contributed by atoms with Crippen LogP contribution in [0.25, 0.3) is 0 Å². The Balaban J connectivity index is 1.32.